The molecule has 0 spiro atoms. The fourth-order valence-corrected chi connectivity index (χ4v) is 4.41. The van der Waals surface area contributed by atoms with Crippen LogP contribution in [0.1, 0.15) is 29.4 Å². The van der Waals surface area contributed by atoms with Crippen LogP contribution in [0.4, 0.5) is 10.1 Å². The molecule has 7 nitrogen and oxygen atoms in total. The molecule has 1 unspecified atom stereocenters. The number of piperidine rings is 1. The summed E-state index contributed by atoms with van der Waals surface area (Å²) in [6.07, 6.45) is 0.499. The second kappa shape index (κ2) is 8.51. The van der Waals surface area contributed by atoms with Gasteiger partial charge in [0.1, 0.15) is 23.1 Å². The van der Waals surface area contributed by atoms with Crippen molar-refractivity contribution < 1.29 is 9.18 Å². The first-order valence-corrected chi connectivity index (χ1v) is 10.6. The van der Waals surface area contributed by atoms with Crippen LogP contribution < -0.4 is 10.5 Å². The van der Waals surface area contributed by atoms with Crippen molar-refractivity contribution in [2.24, 2.45) is 13.0 Å². The third-order valence-corrected chi connectivity index (χ3v) is 6.34. The summed E-state index contributed by atoms with van der Waals surface area (Å²) >= 11 is 0. The second-order valence-corrected chi connectivity index (χ2v) is 8.45. The lowest BCUT2D eigenvalue weighted by Crippen LogP contribution is -2.50. The number of halogens is 1. The van der Waals surface area contributed by atoms with E-state index in [1.807, 2.05) is 17.9 Å². The normalized spacial score (nSPS) is 18.3. The van der Waals surface area contributed by atoms with Crippen LogP contribution in [0.3, 0.4) is 0 Å². The minimum atomic E-state index is -0.390. The molecule has 1 amide bonds. The third-order valence-electron chi connectivity index (χ3n) is 6.34. The predicted molar refractivity (Wildman–Crippen MR) is 124 cm³/mol. The lowest BCUT2D eigenvalue weighted by molar-refractivity contribution is 0.0670. The fourth-order valence-electron chi connectivity index (χ4n) is 4.41. The Balaban J connectivity index is 1.66. The molecular weight excluding hydrogens is 421 g/mol. The van der Waals surface area contributed by atoms with Crippen LogP contribution in [0.25, 0.3) is 11.0 Å². The lowest BCUT2D eigenvalue weighted by Gasteiger charge is -2.43. The molecule has 0 N–H and O–H groups in total. The zero-order valence-corrected chi connectivity index (χ0v) is 18.7. The molecule has 8 heteroatoms. The van der Waals surface area contributed by atoms with Crippen LogP contribution >= 0.6 is 0 Å². The Kier molecular flexibility index (Phi) is 5.73. The van der Waals surface area contributed by atoms with Gasteiger partial charge in [-0.3, -0.25) is 9.59 Å². The van der Waals surface area contributed by atoms with Crippen LogP contribution in [0.5, 0.6) is 0 Å². The van der Waals surface area contributed by atoms with Crippen molar-refractivity contribution >= 4 is 22.6 Å². The first-order chi connectivity index (χ1) is 15.7. The predicted octanol–water partition coefficient (Wildman–Crippen LogP) is 3.44. The Morgan fingerprint density at radius 3 is 2.64 bits per heavy atom. The highest BCUT2D eigenvalue weighted by Crippen LogP contribution is 2.34. The second-order valence-electron chi connectivity index (χ2n) is 8.45. The molecule has 1 aliphatic heterocycles. The number of carbonyl (C=O) groups is 1. The zero-order valence-electron chi connectivity index (χ0n) is 18.7. The maximum atomic E-state index is 13.2. The summed E-state index contributed by atoms with van der Waals surface area (Å²) in [5.74, 6) is -0.533. The van der Waals surface area contributed by atoms with E-state index in [0.717, 1.165) is 5.70 Å². The van der Waals surface area contributed by atoms with Gasteiger partial charge < -0.3 is 14.4 Å². The molecule has 1 aromatic carbocycles. The van der Waals surface area contributed by atoms with Crippen molar-refractivity contribution in [3.63, 3.8) is 0 Å². The molecule has 1 saturated heterocycles. The average molecular weight is 445 g/mol. The van der Waals surface area contributed by atoms with E-state index in [9.17, 15) is 19.2 Å². The van der Waals surface area contributed by atoms with Gasteiger partial charge in [0, 0.05) is 50.4 Å². The van der Waals surface area contributed by atoms with Crippen LogP contribution in [0, 0.1) is 23.1 Å². The van der Waals surface area contributed by atoms with Crippen molar-refractivity contribution in [1.29, 1.82) is 5.26 Å². The number of carbonyl (C=O) groups excluding carboxylic acids is 1. The Labute approximate surface area is 191 Å². The maximum absolute atomic E-state index is 13.2. The number of anilines is 1. The molecule has 3 aromatic rings. The van der Waals surface area contributed by atoms with Gasteiger partial charge in [0.15, 0.2) is 0 Å². The Morgan fingerprint density at radius 1 is 1.27 bits per heavy atom. The third kappa shape index (κ3) is 3.98. The molecule has 0 bridgehead atoms. The van der Waals surface area contributed by atoms with Gasteiger partial charge in [0.25, 0.3) is 11.5 Å². The van der Waals surface area contributed by atoms with E-state index in [1.165, 1.54) is 34.9 Å². The largest absolute Gasteiger partial charge is 0.343 e. The molecule has 1 fully saturated rings. The summed E-state index contributed by atoms with van der Waals surface area (Å²) < 4.78 is 14.7. The van der Waals surface area contributed by atoms with Crippen molar-refractivity contribution in [3.8, 4) is 6.07 Å². The van der Waals surface area contributed by atoms with Crippen molar-refractivity contribution in [3.05, 3.63) is 82.2 Å². The molecular formula is C25H24FN5O2. The highest BCUT2D eigenvalue weighted by Gasteiger charge is 2.34. The van der Waals surface area contributed by atoms with Gasteiger partial charge in [-0.05, 0) is 42.3 Å². The summed E-state index contributed by atoms with van der Waals surface area (Å²) in [5.41, 5.74) is 3.03. The Morgan fingerprint density at radius 2 is 1.97 bits per heavy atom. The van der Waals surface area contributed by atoms with Crippen molar-refractivity contribution in [2.45, 2.75) is 19.4 Å². The van der Waals surface area contributed by atoms with Crippen molar-refractivity contribution in [1.82, 2.24) is 14.5 Å². The molecule has 2 aromatic heterocycles. The smallest absolute Gasteiger partial charge is 0.253 e. The topological polar surface area (TPSA) is 82.2 Å². The highest BCUT2D eigenvalue weighted by molar-refractivity contribution is 5.94. The van der Waals surface area contributed by atoms with Gasteiger partial charge in [-0.1, -0.05) is 13.5 Å². The summed E-state index contributed by atoms with van der Waals surface area (Å²) in [6, 6.07) is 12.3. The standard InChI is InChI=1S/C25H24FN5O2/c1-15-14-31(22-12-23(32)29(3)20-10-9-19(13-27)28-24(20)22)16(2)11-21(15)30(4)25(33)17-5-7-18(26)8-6-17/h5-10,12,15,21H,2,11,14H2,1,3-4H3/t15-,21?/m1/s1. The summed E-state index contributed by atoms with van der Waals surface area (Å²) in [4.78, 5) is 33.7. The Hall–Kier alpha value is -3.99. The van der Waals surface area contributed by atoms with E-state index in [-0.39, 0.29) is 29.1 Å². The minimum absolute atomic E-state index is 0.0446. The molecule has 168 valence electrons. The zero-order chi connectivity index (χ0) is 23.9. The lowest BCUT2D eigenvalue weighted by atomic mass is 9.90. The number of nitriles is 1. The maximum Gasteiger partial charge on any atom is 0.253 e. The number of amides is 1. The minimum Gasteiger partial charge on any atom is -0.343 e. The van der Waals surface area contributed by atoms with E-state index in [0.29, 0.717) is 35.2 Å². The molecule has 33 heavy (non-hydrogen) atoms. The van der Waals surface area contributed by atoms with Gasteiger partial charge in [-0.2, -0.15) is 5.26 Å². The number of rotatable bonds is 3. The van der Waals surface area contributed by atoms with Gasteiger partial charge >= 0.3 is 0 Å². The monoisotopic (exact) mass is 445 g/mol. The fraction of sp³-hybridized carbons (Fsp3) is 0.280. The van der Waals surface area contributed by atoms with Crippen LogP contribution in [-0.4, -0.2) is 40.0 Å². The van der Waals surface area contributed by atoms with Gasteiger partial charge in [0.2, 0.25) is 0 Å². The summed E-state index contributed by atoms with van der Waals surface area (Å²) in [7, 11) is 3.41. The molecule has 0 saturated carbocycles. The molecule has 0 aliphatic carbocycles. The van der Waals surface area contributed by atoms with E-state index in [4.69, 9.17) is 0 Å². The first kappa shape index (κ1) is 22.2. The number of pyridine rings is 2. The number of fused-ring (bicyclic) bond motifs is 1. The van der Waals surface area contributed by atoms with Crippen molar-refractivity contribution in [2.75, 3.05) is 18.5 Å². The Bertz CT molecular complexity index is 1360. The van der Waals surface area contributed by atoms with E-state index < -0.39 is 5.82 Å². The molecule has 0 radical (unpaired) electrons. The van der Waals surface area contributed by atoms with Gasteiger partial charge in [-0.15, -0.1) is 0 Å². The molecule has 4 rings (SSSR count). The number of benzene rings is 1. The number of hydrogen-bond donors (Lipinski definition) is 0. The number of aromatic nitrogens is 2. The van der Waals surface area contributed by atoms with E-state index >= 15 is 0 Å². The number of nitrogens with zero attached hydrogens (tertiary/aromatic N) is 5. The number of aryl methyl sites for hydroxylation is 1. The van der Waals surface area contributed by atoms with Gasteiger partial charge in [-0.25, -0.2) is 9.37 Å². The first-order valence-electron chi connectivity index (χ1n) is 10.6. The van der Waals surface area contributed by atoms with Crippen LogP contribution in [0.15, 0.2) is 59.5 Å². The highest BCUT2D eigenvalue weighted by atomic mass is 19.1. The average Bonchev–Trinajstić information content (AvgIpc) is 2.82. The molecule has 3 heterocycles. The van der Waals surface area contributed by atoms with Gasteiger partial charge in [0.05, 0.1) is 11.2 Å². The number of hydrogen-bond acceptors (Lipinski definition) is 5. The summed E-state index contributed by atoms with van der Waals surface area (Å²) in [6.45, 7) is 6.78. The molecule has 1 aliphatic rings. The SMILES string of the molecule is C=C1CC(N(C)C(=O)c2ccc(F)cc2)[C@H](C)CN1c1cc(=O)n(C)c2ccc(C#N)nc12. The van der Waals surface area contributed by atoms with E-state index in [2.05, 4.69) is 11.6 Å². The van der Waals surface area contributed by atoms with Crippen LogP contribution in [-0.2, 0) is 7.05 Å². The summed E-state index contributed by atoms with van der Waals surface area (Å²) in [5, 5.41) is 9.30. The van der Waals surface area contributed by atoms with Crippen LogP contribution in [0.2, 0.25) is 0 Å². The van der Waals surface area contributed by atoms with E-state index in [1.54, 1.807) is 31.1 Å². The molecule has 2 atom stereocenters. The quantitative estimate of drug-likeness (QED) is 0.617.